The molecule has 4 nitrogen and oxygen atoms in total. The molecule has 0 spiro atoms. The molecule has 0 saturated carbocycles. The van der Waals surface area contributed by atoms with E-state index in [1.54, 1.807) is 6.92 Å². The van der Waals surface area contributed by atoms with Gasteiger partial charge in [-0.1, -0.05) is 18.2 Å². The summed E-state index contributed by atoms with van der Waals surface area (Å²) in [7, 11) is 0. The van der Waals surface area contributed by atoms with Gasteiger partial charge in [-0.3, -0.25) is 9.59 Å². The molecule has 2 N–H and O–H groups in total. The summed E-state index contributed by atoms with van der Waals surface area (Å²) in [6.07, 6.45) is 0.901. The quantitative estimate of drug-likeness (QED) is 0.800. The van der Waals surface area contributed by atoms with Crippen molar-refractivity contribution in [2.75, 3.05) is 11.4 Å². The molecule has 0 bridgehead atoms. The van der Waals surface area contributed by atoms with Crippen molar-refractivity contribution in [1.29, 1.82) is 0 Å². The first-order valence-electron chi connectivity index (χ1n) is 6.47. The van der Waals surface area contributed by atoms with Crippen molar-refractivity contribution >= 4 is 5.69 Å². The summed E-state index contributed by atoms with van der Waals surface area (Å²) < 4.78 is 0. The van der Waals surface area contributed by atoms with Crippen LogP contribution in [0.2, 0.25) is 0 Å². The zero-order chi connectivity index (χ0) is 13.6. The molecule has 0 fully saturated rings. The number of hydrogen-bond donors (Lipinski definition) is 1. The number of nitrogens with zero attached hydrogens (tertiary/aromatic N) is 1. The van der Waals surface area contributed by atoms with E-state index >= 15 is 0 Å². The van der Waals surface area contributed by atoms with Crippen molar-refractivity contribution in [1.82, 2.24) is 0 Å². The molecule has 0 unspecified atom stereocenters. The molecule has 0 amide bonds. The molecule has 1 aliphatic rings. The van der Waals surface area contributed by atoms with Crippen molar-refractivity contribution in [3.05, 3.63) is 60.9 Å². The van der Waals surface area contributed by atoms with E-state index < -0.39 is 0 Å². The Morgan fingerprint density at radius 1 is 1.21 bits per heavy atom. The van der Waals surface area contributed by atoms with Crippen LogP contribution in [0.15, 0.2) is 27.8 Å². The van der Waals surface area contributed by atoms with Crippen LogP contribution in [0.5, 0.6) is 0 Å². The van der Waals surface area contributed by atoms with E-state index in [1.165, 1.54) is 11.1 Å². The van der Waals surface area contributed by atoms with Crippen LogP contribution in [0.4, 0.5) is 5.69 Å². The third kappa shape index (κ3) is 1.79. The third-order valence-electron chi connectivity index (χ3n) is 3.95. The molecule has 1 heterocycles. The van der Waals surface area contributed by atoms with E-state index in [2.05, 4.69) is 18.2 Å². The topological polar surface area (TPSA) is 63.4 Å². The molecule has 0 saturated heterocycles. The maximum absolute atomic E-state index is 11.6. The van der Waals surface area contributed by atoms with E-state index in [1.807, 2.05) is 4.90 Å². The predicted octanol–water partition coefficient (Wildman–Crippen LogP) is 0.612. The van der Waals surface area contributed by atoms with Gasteiger partial charge >= 0.3 is 0 Å². The minimum Gasteiger partial charge on any atom is -0.363 e. The average Bonchev–Trinajstić information content (AvgIpc) is 2.46. The maximum Gasteiger partial charge on any atom is 0.249 e. The second kappa shape index (κ2) is 4.31. The maximum atomic E-state index is 11.6. The van der Waals surface area contributed by atoms with Gasteiger partial charge in [-0.15, -0.1) is 0 Å². The van der Waals surface area contributed by atoms with Gasteiger partial charge in [0.15, 0.2) is 0 Å². The van der Waals surface area contributed by atoms with Crippen LogP contribution in [-0.2, 0) is 19.5 Å². The fourth-order valence-corrected chi connectivity index (χ4v) is 2.80. The Morgan fingerprint density at radius 3 is 2.68 bits per heavy atom. The zero-order valence-electron chi connectivity index (χ0n) is 10.9. The Hall–Kier alpha value is -1.94. The number of rotatable bonds is 2. The van der Waals surface area contributed by atoms with Gasteiger partial charge in [0.1, 0.15) is 0 Å². The van der Waals surface area contributed by atoms with Crippen LogP contribution in [0, 0.1) is 6.92 Å². The average molecular weight is 256 g/mol. The highest BCUT2D eigenvalue weighted by molar-refractivity contribution is 5.59. The second-order valence-corrected chi connectivity index (χ2v) is 5.11. The Bertz CT molecular complexity index is 711. The standard InChI is InChI=1S/C15H16N2O2/c1-9-13(15(19)14(9)18)17-5-4-11-3-2-10(7-16)6-12(11)8-17/h2-3,6H,4-5,7-8,16H2,1H3. The van der Waals surface area contributed by atoms with Crippen LogP contribution in [-0.4, -0.2) is 6.54 Å². The Morgan fingerprint density at radius 2 is 2.00 bits per heavy atom. The highest BCUT2D eigenvalue weighted by atomic mass is 16.2. The Labute approximate surface area is 111 Å². The van der Waals surface area contributed by atoms with Crippen molar-refractivity contribution in [3.63, 3.8) is 0 Å². The van der Waals surface area contributed by atoms with Crippen LogP contribution >= 0.6 is 0 Å². The van der Waals surface area contributed by atoms with E-state index in [0.29, 0.717) is 24.3 Å². The van der Waals surface area contributed by atoms with Gasteiger partial charge in [0.25, 0.3) is 0 Å². The monoisotopic (exact) mass is 256 g/mol. The van der Waals surface area contributed by atoms with Crippen molar-refractivity contribution in [3.8, 4) is 0 Å². The number of nitrogens with two attached hydrogens (primary N) is 1. The van der Waals surface area contributed by atoms with Gasteiger partial charge < -0.3 is 10.6 Å². The highest BCUT2D eigenvalue weighted by Crippen LogP contribution is 2.25. The SMILES string of the molecule is Cc1c(N2CCc3ccc(CN)cc3C2)c(=O)c1=O. The van der Waals surface area contributed by atoms with Crippen molar-refractivity contribution in [2.24, 2.45) is 5.73 Å². The highest BCUT2D eigenvalue weighted by Gasteiger charge is 2.25. The lowest BCUT2D eigenvalue weighted by Gasteiger charge is -2.32. The smallest absolute Gasteiger partial charge is 0.249 e. The minimum atomic E-state index is -0.337. The lowest BCUT2D eigenvalue weighted by molar-refractivity contribution is 0.720. The zero-order valence-corrected chi connectivity index (χ0v) is 10.9. The van der Waals surface area contributed by atoms with Crippen LogP contribution < -0.4 is 21.5 Å². The molecular formula is C15H16N2O2. The molecular weight excluding hydrogens is 240 g/mol. The molecule has 2 aromatic rings. The van der Waals surface area contributed by atoms with Crippen LogP contribution in [0.25, 0.3) is 0 Å². The van der Waals surface area contributed by atoms with Gasteiger partial charge in [0.05, 0.1) is 5.69 Å². The molecule has 0 aromatic heterocycles. The molecule has 0 atom stereocenters. The lowest BCUT2D eigenvalue weighted by atomic mass is 9.95. The van der Waals surface area contributed by atoms with Crippen LogP contribution in [0.3, 0.4) is 0 Å². The summed E-state index contributed by atoms with van der Waals surface area (Å²) in [5, 5.41) is 0. The van der Waals surface area contributed by atoms with E-state index in [0.717, 1.165) is 18.5 Å². The molecule has 4 heteroatoms. The predicted molar refractivity (Wildman–Crippen MR) is 75.2 cm³/mol. The van der Waals surface area contributed by atoms with Gasteiger partial charge in [-0.25, -0.2) is 0 Å². The van der Waals surface area contributed by atoms with E-state index in [4.69, 9.17) is 5.73 Å². The van der Waals surface area contributed by atoms with Crippen molar-refractivity contribution in [2.45, 2.75) is 26.4 Å². The van der Waals surface area contributed by atoms with Crippen molar-refractivity contribution < 1.29 is 0 Å². The first-order valence-corrected chi connectivity index (χ1v) is 6.47. The molecule has 0 aliphatic carbocycles. The van der Waals surface area contributed by atoms with Gasteiger partial charge in [-0.2, -0.15) is 0 Å². The molecule has 2 aromatic carbocycles. The minimum absolute atomic E-state index is 0.337. The summed E-state index contributed by atoms with van der Waals surface area (Å²) in [6.45, 7) is 3.73. The first kappa shape index (κ1) is 12.1. The largest absolute Gasteiger partial charge is 0.363 e. The third-order valence-corrected chi connectivity index (χ3v) is 3.95. The number of fused-ring (bicyclic) bond motifs is 1. The molecule has 0 radical (unpaired) electrons. The number of benzene rings is 1. The summed E-state index contributed by atoms with van der Waals surface area (Å²) >= 11 is 0. The number of hydrogen-bond acceptors (Lipinski definition) is 4. The summed E-state index contributed by atoms with van der Waals surface area (Å²) in [5.74, 6) is 0. The summed E-state index contributed by atoms with van der Waals surface area (Å²) in [6, 6.07) is 6.27. The van der Waals surface area contributed by atoms with Gasteiger partial charge in [0, 0.05) is 25.2 Å². The summed E-state index contributed by atoms with van der Waals surface area (Å²) in [5.41, 5.74) is 9.81. The Balaban J connectivity index is 1.94. The summed E-state index contributed by atoms with van der Waals surface area (Å²) in [4.78, 5) is 25.0. The number of anilines is 1. The van der Waals surface area contributed by atoms with Gasteiger partial charge in [0.2, 0.25) is 10.9 Å². The molecule has 3 rings (SSSR count). The Kier molecular flexibility index (Phi) is 2.75. The lowest BCUT2D eigenvalue weighted by Crippen LogP contribution is -2.44. The van der Waals surface area contributed by atoms with Crippen LogP contribution in [0.1, 0.15) is 22.3 Å². The molecule has 1 aliphatic heterocycles. The van der Waals surface area contributed by atoms with Gasteiger partial charge in [-0.05, 0) is 30.0 Å². The normalized spacial score (nSPS) is 14.7. The van der Waals surface area contributed by atoms with E-state index in [-0.39, 0.29) is 10.9 Å². The second-order valence-electron chi connectivity index (χ2n) is 5.11. The molecule has 98 valence electrons. The van der Waals surface area contributed by atoms with E-state index in [9.17, 15) is 9.59 Å². The molecule has 19 heavy (non-hydrogen) atoms. The first-order chi connectivity index (χ1) is 9.11. The fourth-order valence-electron chi connectivity index (χ4n) is 2.80. The fraction of sp³-hybridized carbons (Fsp3) is 0.333.